The third-order valence-electron chi connectivity index (χ3n) is 4.41. The van der Waals surface area contributed by atoms with Gasteiger partial charge < -0.3 is 9.84 Å². The van der Waals surface area contributed by atoms with Gasteiger partial charge in [0, 0.05) is 13.2 Å². The lowest BCUT2D eigenvalue weighted by molar-refractivity contribution is -0.155. The average Bonchev–Trinajstić information content (AvgIpc) is 2.80. The summed E-state index contributed by atoms with van der Waals surface area (Å²) in [6, 6.07) is 0. The zero-order valence-electron chi connectivity index (χ0n) is 9.91. The van der Waals surface area contributed by atoms with E-state index >= 15 is 0 Å². The van der Waals surface area contributed by atoms with E-state index in [4.69, 9.17) is 4.74 Å². The van der Waals surface area contributed by atoms with Crippen LogP contribution in [0.5, 0.6) is 0 Å². The Kier molecular flexibility index (Phi) is 3.85. The maximum Gasteiger partial charge on any atom is 0.309 e. The second kappa shape index (κ2) is 5.17. The Hall–Kier alpha value is -0.570. The molecule has 92 valence electrons. The Bertz CT molecular complexity index is 238. The largest absolute Gasteiger partial charge is 0.481 e. The first-order chi connectivity index (χ1) is 7.73. The van der Waals surface area contributed by atoms with E-state index in [0.29, 0.717) is 26.1 Å². The van der Waals surface area contributed by atoms with Crippen molar-refractivity contribution in [3.8, 4) is 0 Å². The van der Waals surface area contributed by atoms with Crippen molar-refractivity contribution in [3.05, 3.63) is 0 Å². The van der Waals surface area contributed by atoms with E-state index in [1.807, 2.05) is 0 Å². The SMILES string of the molecule is O=C(O)C1(CCC2CCCC2)CCOCC1. The minimum absolute atomic E-state index is 0.471. The van der Waals surface area contributed by atoms with Crippen molar-refractivity contribution in [2.45, 2.75) is 51.4 Å². The first-order valence-electron chi connectivity index (χ1n) is 6.54. The summed E-state index contributed by atoms with van der Waals surface area (Å²) in [5, 5.41) is 9.41. The van der Waals surface area contributed by atoms with E-state index in [2.05, 4.69) is 0 Å². The number of hydrogen-bond acceptors (Lipinski definition) is 2. The molecule has 0 aromatic carbocycles. The van der Waals surface area contributed by atoms with Gasteiger partial charge in [0.05, 0.1) is 5.41 Å². The van der Waals surface area contributed by atoms with Gasteiger partial charge in [0.1, 0.15) is 0 Å². The number of carboxylic acids is 1. The van der Waals surface area contributed by atoms with Gasteiger partial charge in [-0.05, 0) is 31.6 Å². The van der Waals surface area contributed by atoms with Gasteiger partial charge >= 0.3 is 5.97 Å². The highest BCUT2D eigenvalue weighted by atomic mass is 16.5. The molecule has 2 aliphatic rings. The van der Waals surface area contributed by atoms with E-state index in [-0.39, 0.29) is 0 Å². The topological polar surface area (TPSA) is 46.5 Å². The lowest BCUT2D eigenvalue weighted by Crippen LogP contribution is -2.37. The van der Waals surface area contributed by atoms with Crippen molar-refractivity contribution in [3.63, 3.8) is 0 Å². The molecule has 0 unspecified atom stereocenters. The monoisotopic (exact) mass is 226 g/mol. The zero-order valence-corrected chi connectivity index (χ0v) is 9.91. The molecule has 0 bridgehead atoms. The van der Waals surface area contributed by atoms with Crippen LogP contribution in [0.2, 0.25) is 0 Å². The van der Waals surface area contributed by atoms with Gasteiger partial charge in [-0.3, -0.25) is 4.79 Å². The van der Waals surface area contributed by atoms with Crippen LogP contribution in [0.1, 0.15) is 51.4 Å². The summed E-state index contributed by atoms with van der Waals surface area (Å²) in [4.78, 5) is 11.4. The molecular formula is C13H22O3. The predicted molar refractivity (Wildman–Crippen MR) is 61.3 cm³/mol. The summed E-state index contributed by atoms with van der Waals surface area (Å²) >= 11 is 0. The van der Waals surface area contributed by atoms with Crippen LogP contribution in [-0.2, 0) is 9.53 Å². The second-order valence-electron chi connectivity index (χ2n) is 5.39. The molecule has 1 aliphatic heterocycles. The van der Waals surface area contributed by atoms with Gasteiger partial charge in [0.15, 0.2) is 0 Å². The van der Waals surface area contributed by atoms with Crippen LogP contribution in [0, 0.1) is 11.3 Å². The van der Waals surface area contributed by atoms with Crippen molar-refractivity contribution in [2.24, 2.45) is 11.3 Å². The summed E-state index contributed by atoms with van der Waals surface area (Å²) in [7, 11) is 0. The fraction of sp³-hybridized carbons (Fsp3) is 0.923. The third-order valence-corrected chi connectivity index (χ3v) is 4.41. The van der Waals surface area contributed by atoms with E-state index in [0.717, 1.165) is 18.8 Å². The normalized spacial score (nSPS) is 25.8. The molecule has 1 saturated heterocycles. The Morgan fingerprint density at radius 3 is 2.44 bits per heavy atom. The maximum absolute atomic E-state index is 11.4. The molecule has 0 amide bonds. The lowest BCUT2D eigenvalue weighted by atomic mass is 9.75. The van der Waals surface area contributed by atoms with Gasteiger partial charge in [-0.15, -0.1) is 0 Å². The third kappa shape index (κ3) is 2.57. The van der Waals surface area contributed by atoms with E-state index < -0.39 is 11.4 Å². The molecule has 0 atom stereocenters. The summed E-state index contributed by atoms with van der Waals surface area (Å²) in [5.74, 6) is 0.188. The van der Waals surface area contributed by atoms with Crippen molar-refractivity contribution in [1.82, 2.24) is 0 Å². The van der Waals surface area contributed by atoms with Crippen molar-refractivity contribution < 1.29 is 14.6 Å². The maximum atomic E-state index is 11.4. The van der Waals surface area contributed by atoms with Crippen LogP contribution >= 0.6 is 0 Å². The lowest BCUT2D eigenvalue weighted by Gasteiger charge is -2.33. The highest BCUT2D eigenvalue weighted by Gasteiger charge is 2.40. The fourth-order valence-electron chi connectivity index (χ4n) is 3.11. The van der Waals surface area contributed by atoms with Crippen LogP contribution in [0.25, 0.3) is 0 Å². The van der Waals surface area contributed by atoms with Crippen LogP contribution in [0.4, 0.5) is 0 Å². The fourth-order valence-corrected chi connectivity index (χ4v) is 3.11. The molecule has 3 nitrogen and oxygen atoms in total. The van der Waals surface area contributed by atoms with Crippen LogP contribution < -0.4 is 0 Å². The quantitative estimate of drug-likeness (QED) is 0.801. The van der Waals surface area contributed by atoms with Crippen molar-refractivity contribution in [1.29, 1.82) is 0 Å². The number of carboxylic acid groups (broad SMARTS) is 1. The summed E-state index contributed by atoms with van der Waals surface area (Å²) < 4.78 is 5.28. The molecule has 2 rings (SSSR count). The van der Waals surface area contributed by atoms with Crippen LogP contribution in [0.15, 0.2) is 0 Å². The minimum Gasteiger partial charge on any atom is -0.481 e. The summed E-state index contributed by atoms with van der Waals surface area (Å²) in [6.45, 7) is 1.24. The predicted octanol–water partition coefficient (Wildman–Crippen LogP) is 2.84. The second-order valence-corrected chi connectivity index (χ2v) is 5.39. The Balaban J connectivity index is 1.88. The van der Waals surface area contributed by atoms with E-state index in [1.54, 1.807) is 0 Å². The number of rotatable bonds is 4. The van der Waals surface area contributed by atoms with Gasteiger partial charge in [0.2, 0.25) is 0 Å². The van der Waals surface area contributed by atoms with Gasteiger partial charge in [-0.25, -0.2) is 0 Å². The van der Waals surface area contributed by atoms with E-state index in [1.165, 1.54) is 25.7 Å². The Morgan fingerprint density at radius 2 is 1.88 bits per heavy atom. The molecule has 3 heteroatoms. The molecule has 0 aromatic rings. The Morgan fingerprint density at radius 1 is 1.25 bits per heavy atom. The van der Waals surface area contributed by atoms with Crippen LogP contribution in [-0.4, -0.2) is 24.3 Å². The molecule has 0 radical (unpaired) electrons. The van der Waals surface area contributed by atoms with Crippen molar-refractivity contribution in [2.75, 3.05) is 13.2 Å². The molecule has 1 aliphatic carbocycles. The van der Waals surface area contributed by atoms with Gasteiger partial charge in [0.25, 0.3) is 0 Å². The number of hydrogen-bond donors (Lipinski definition) is 1. The number of ether oxygens (including phenoxy) is 1. The highest BCUT2D eigenvalue weighted by molar-refractivity contribution is 5.74. The standard InChI is InChI=1S/C13H22O3/c14-12(15)13(7-9-16-10-8-13)6-5-11-3-1-2-4-11/h11H,1-10H2,(H,14,15). The Labute approximate surface area is 97.2 Å². The first-order valence-corrected chi connectivity index (χ1v) is 6.54. The number of aliphatic carboxylic acids is 1. The number of carbonyl (C=O) groups is 1. The first kappa shape index (κ1) is 11.9. The zero-order chi connectivity index (χ0) is 11.4. The molecule has 0 spiro atoms. The van der Waals surface area contributed by atoms with E-state index in [9.17, 15) is 9.90 Å². The molecule has 2 fully saturated rings. The molecule has 1 N–H and O–H groups in total. The molecule has 1 saturated carbocycles. The van der Waals surface area contributed by atoms with Crippen molar-refractivity contribution >= 4 is 5.97 Å². The van der Waals surface area contributed by atoms with Gasteiger partial charge in [-0.2, -0.15) is 0 Å². The van der Waals surface area contributed by atoms with Crippen LogP contribution in [0.3, 0.4) is 0 Å². The smallest absolute Gasteiger partial charge is 0.309 e. The summed E-state index contributed by atoms with van der Waals surface area (Å²) in [6.07, 6.45) is 8.67. The minimum atomic E-state index is -0.603. The summed E-state index contributed by atoms with van der Waals surface area (Å²) in [5.41, 5.74) is -0.471. The molecule has 1 heterocycles. The van der Waals surface area contributed by atoms with Gasteiger partial charge in [-0.1, -0.05) is 25.7 Å². The molecular weight excluding hydrogens is 204 g/mol. The molecule has 16 heavy (non-hydrogen) atoms. The highest BCUT2D eigenvalue weighted by Crippen LogP contribution is 2.39. The average molecular weight is 226 g/mol. The molecule has 0 aromatic heterocycles.